The zero-order valence-corrected chi connectivity index (χ0v) is 11.2. The molecule has 0 unspecified atom stereocenters. The molecule has 0 atom stereocenters. The second kappa shape index (κ2) is 5.21. The number of rotatable bonds is 4. The van der Waals surface area contributed by atoms with Crippen LogP contribution in [0.15, 0.2) is 18.2 Å². The molecule has 0 fully saturated rings. The van der Waals surface area contributed by atoms with Gasteiger partial charge in [-0.3, -0.25) is 4.79 Å². The zero-order chi connectivity index (χ0) is 13.9. The summed E-state index contributed by atoms with van der Waals surface area (Å²) in [4.78, 5) is 23.0. The van der Waals surface area contributed by atoms with E-state index in [0.717, 1.165) is 12.0 Å². The Hall–Kier alpha value is -1.84. The lowest BCUT2D eigenvalue weighted by molar-refractivity contribution is 0.0696. The molecule has 98 valence electrons. The van der Waals surface area contributed by atoms with Crippen molar-refractivity contribution in [2.75, 3.05) is 0 Å². The summed E-state index contributed by atoms with van der Waals surface area (Å²) in [6, 6.07) is 4.63. The number of aromatic carboxylic acids is 1. The number of carbonyl (C=O) groups excluding carboxylic acids is 1. The Balaban J connectivity index is 3.03. The predicted octanol–water partition coefficient (Wildman–Crippen LogP) is 2.61. The van der Waals surface area contributed by atoms with Gasteiger partial charge in [-0.1, -0.05) is 6.92 Å². The van der Waals surface area contributed by atoms with Crippen molar-refractivity contribution in [1.82, 2.24) is 5.32 Å². The van der Waals surface area contributed by atoms with Crippen LogP contribution in [0.4, 0.5) is 0 Å². The van der Waals surface area contributed by atoms with Crippen LogP contribution in [0.2, 0.25) is 0 Å². The highest BCUT2D eigenvalue weighted by atomic mass is 16.4. The average Bonchev–Trinajstić information content (AvgIpc) is 2.27. The maximum Gasteiger partial charge on any atom is 0.335 e. The summed E-state index contributed by atoms with van der Waals surface area (Å²) in [7, 11) is 0. The van der Waals surface area contributed by atoms with Crippen molar-refractivity contribution in [1.29, 1.82) is 0 Å². The van der Waals surface area contributed by atoms with Crippen LogP contribution in [0.3, 0.4) is 0 Å². The van der Waals surface area contributed by atoms with E-state index in [2.05, 4.69) is 5.32 Å². The summed E-state index contributed by atoms with van der Waals surface area (Å²) < 4.78 is 0. The van der Waals surface area contributed by atoms with Crippen molar-refractivity contribution in [3.8, 4) is 0 Å². The summed E-state index contributed by atoms with van der Waals surface area (Å²) in [5.41, 5.74) is 0.974. The topological polar surface area (TPSA) is 66.4 Å². The molecule has 1 amide bonds. The highest BCUT2D eigenvalue weighted by Gasteiger charge is 2.19. The van der Waals surface area contributed by atoms with Crippen LogP contribution in [0.5, 0.6) is 0 Å². The van der Waals surface area contributed by atoms with Gasteiger partial charge in [-0.15, -0.1) is 0 Å². The number of hydrogen-bond acceptors (Lipinski definition) is 2. The molecule has 1 aromatic rings. The van der Waals surface area contributed by atoms with Crippen LogP contribution < -0.4 is 5.32 Å². The SMILES string of the molecule is CCC(C)(C)NC(=O)c1cc(C)cc(C(=O)O)c1. The third-order valence-corrected chi connectivity index (χ3v) is 2.92. The van der Waals surface area contributed by atoms with E-state index in [1.807, 2.05) is 20.8 Å². The number of carbonyl (C=O) groups is 2. The smallest absolute Gasteiger partial charge is 0.335 e. The lowest BCUT2D eigenvalue weighted by Gasteiger charge is -2.24. The molecular formula is C14H19NO3. The molecule has 0 heterocycles. The zero-order valence-electron chi connectivity index (χ0n) is 11.2. The molecule has 2 N–H and O–H groups in total. The second-order valence-corrected chi connectivity index (χ2v) is 5.08. The summed E-state index contributed by atoms with van der Waals surface area (Å²) in [5, 5.41) is 11.8. The fourth-order valence-corrected chi connectivity index (χ4v) is 1.51. The van der Waals surface area contributed by atoms with Crippen molar-refractivity contribution < 1.29 is 14.7 Å². The van der Waals surface area contributed by atoms with E-state index >= 15 is 0 Å². The summed E-state index contributed by atoms with van der Waals surface area (Å²) >= 11 is 0. The molecule has 18 heavy (non-hydrogen) atoms. The highest BCUT2D eigenvalue weighted by molar-refractivity contribution is 5.98. The van der Waals surface area contributed by atoms with Gasteiger partial charge in [-0.2, -0.15) is 0 Å². The second-order valence-electron chi connectivity index (χ2n) is 5.08. The van der Waals surface area contributed by atoms with Gasteiger partial charge in [0, 0.05) is 11.1 Å². The van der Waals surface area contributed by atoms with Crippen LogP contribution >= 0.6 is 0 Å². The number of carboxylic acids is 1. The van der Waals surface area contributed by atoms with Gasteiger partial charge in [0.1, 0.15) is 0 Å². The van der Waals surface area contributed by atoms with Crippen molar-refractivity contribution in [3.05, 3.63) is 34.9 Å². The minimum absolute atomic E-state index is 0.134. The summed E-state index contributed by atoms with van der Waals surface area (Å²) in [5.74, 6) is -1.27. The molecule has 0 aliphatic heterocycles. The van der Waals surface area contributed by atoms with Crippen molar-refractivity contribution in [2.24, 2.45) is 0 Å². The van der Waals surface area contributed by atoms with Crippen molar-refractivity contribution in [2.45, 2.75) is 39.7 Å². The van der Waals surface area contributed by atoms with Crippen LogP contribution in [-0.4, -0.2) is 22.5 Å². The molecule has 1 rings (SSSR count). The Bertz CT molecular complexity index is 478. The number of hydrogen-bond donors (Lipinski definition) is 2. The van der Waals surface area contributed by atoms with E-state index in [9.17, 15) is 9.59 Å². The fraction of sp³-hybridized carbons (Fsp3) is 0.429. The van der Waals surface area contributed by atoms with E-state index in [-0.39, 0.29) is 17.0 Å². The first-order valence-electron chi connectivity index (χ1n) is 5.92. The van der Waals surface area contributed by atoms with Gasteiger partial charge in [0.25, 0.3) is 5.91 Å². The van der Waals surface area contributed by atoms with Crippen LogP contribution in [0.25, 0.3) is 0 Å². The van der Waals surface area contributed by atoms with Crippen molar-refractivity contribution >= 4 is 11.9 Å². The largest absolute Gasteiger partial charge is 0.478 e. The Morgan fingerprint density at radius 1 is 1.22 bits per heavy atom. The standard InChI is InChI=1S/C14H19NO3/c1-5-14(3,4)15-12(16)10-6-9(2)7-11(8-10)13(17)18/h6-8H,5H2,1-4H3,(H,15,16)(H,17,18). The Kier molecular flexibility index (Phi) is 4.11. The molecule has 0 aliphatic carbocycles. The van der Waals surface area contributed by atoms with Gasteiger partial charge in [0.15, 0.2) is 0 Å². The first-order valence-corrected chi connectivity index (χ1v) is 5.92. The molecule has 0 saturated carbocycles. The normalized spacial score (nSPS) is 11.1. The van der Waals surface area contributed by atoms with Gasteiger partial charge < -0.3 is 10.4 Å². The molecule has 1 aromatic carbocycles. The number of benzene rings is 1. The van der Waals surface area contributed by atoms with Gasteiger partial charge >= 0.3 is 5.97 Å². The number of carboxylic acid groups (broad SMARTS) is 1. The fourth-order valence-electron chi connectivity index (χ4n) is 1.51. The van der Waals surface area contributed by atoms with Crippen molar-refractivity contribution in [3.63, 3.8) is 0 Å². The number of aryl methyl sites for hydroxylation is 1. The molecule has 4 nitrogen and oxygen atoms in total. The lowest BCUT2D eigenvalue weighted by atomic mass is 10.00. The summed E-state index contributed by atoms with van der Waals surface area (Å²) in [6.45, 7) is 7.62. The maximum atomic E-state index is 12.0. The van der Waals surface area contributed by atoms with Gasteiger partial charge in [-0.25, -0.2) is 4.79 Å². The monoisotopic (exact) mass is 249 g/mol. The Morgan fingerprint density at radius 2 is 1.78 bits per heavy atom. The van der Waals surface area contributed by atoms with E-state index in [4.69, 9.17) is 5.11 Å². The molecule has 0 bridgehead atoms. The first-order chi connectivity index (χ1) is 8.25. The van der Waals surface area contributed by atoms with Gasteiger partial charge in [0.2, 0.25) is 0 Å². The minimum atomic E-state index is -1.03. The highest BCUT2D eigenvalue weighted by Crippen LogP contribution is 2.13. The van der Waals surface area contributed by atoms with E-state index in [1.54, 1.807) is 19.1 Å². The molecular weight excluding hydrogens is 230 g/mol. The molecule has 0 saturated heterocycles. The lowest BCUT2D eigenvalue weighted by Crippen LogP contribution is -2.42. The Labute approximate surface area is 107 Å². The third-order valence-electron chi connectivity index (χ3n) is 2.92. The number of amides is 1. The molecule has 0 spiro atoms. The molecule has 0 aromatic heterocycles. The van der Waals surface area contributed by atoms with Crippen LogP contribution in [-0.2, 0) is 0 Å². The minimum Gasteiger partial charge on any atom is -0.478 e. The van der Waals surface area contributed by atoms with Gasteiger partial charge in [-0.05, 0) is 51.0 Å². The predicted molar refractivity (Wildman–Crippen MR) is 70.0 cm³/mol. The maximum absolute atomic E-state index is 12.0. The van der Waals surface area contributed by atoms with Crippen LogP contribution in [0, 0.1) is 6.92 Å². The van der Waals surface area contributed by atoms with Crippen LogP contribution in [0.1, 0.15) is 53.5 Å². The van der Waals surface area contributed by atoms with E-state index < -0.39 is 5.97 Å². The average molecular weight is 249 g/mol. The van der Waals surface area contributed by atoms with E-state index in [0.29, 0.717) is 5.56 Å². The first kappa shape index (κ1) is 14.2. The quantitative estimate of drug-likeness (QED) is 0.862. The Morgan fingerprint density at radius 3 is 2.28 bits per heavy atom. The summed E-state index contributed by atoms with van der Waals surface area (Å²) in [6.07, 6.45) is 0.802. The molecule has 0 radical (unpaired) electrons. The van der Waals surface area contributed by atoms with Gasteiger partial charge in [0.05, 0.1) is 5.56 Å². The molecule has 4 heteroatoms. The van der Waals surface area contributed by atoms with E-state index in [1.165, 1.54) is 6.07 Å². The third kappa shape index (κ3) is 3.58. The molecule has 0 aliphatic rings. The number of nitrogens with one attached hydrogen (secondary N) is 1.